The van der Waals surface area contributed by atoms with Crippen LogP contribution in [0.15, 0.2) is 48.7 Å². The first-order chi connectivity index (χ1) is 11.5. The zero-order chi connectivity index (χ0) is 17.3. The summed E-state index contributed by atoms with van der Waals surface area (Å²) < 4.78 is 31.5. The Labute approximate surface area is 136 Å². The highest BCUT2D eigenvalue weighted by atomic mass is 19.1. The van der Waals surface area contributed by atoms with Gasteiger partial charge in [-0.3, -0.25) is 4.79 Å². The summed E-state index contributed by atoms with van der Waals surface area (Å²) in [4.78, 5) is 27.4. The van der Waals surface area contributed by atoms with E-state index in [2.05, 4.69) is 4.98 Å². The van der Waals surface area contributed by atoms with Crippen molar-refractivity contribution in [2.45, 2.75) is 13.0 Å². The molecule has 3 aromatic rings. The molecule has 1 N–H and O–H groups in total. The van der Waals surface area contributed by atoms with Crippen LogP contribution in [-0.4, -0.2) is 22.8 Å². The molecule has 1 atom stereocenters. The van der Waals surface area contributed by atoms with Crippen LogP contribution in [0.5, 0.6) is 0 Å². The number of esters is 1. The van der Waals surface area contributed by atoms with Gasteiger partial charge >= 0.3 is 5.97 Å². The van der Waals surface area contributed by atoms with E-state index < -0.39 is 35.1 Å². The fraction of sp³-hybridized carbons (Fsp3) is 0.111. The average molecular weight is 329 g/mol. The highest BCUT2D eigenvalue weighted by molar-refractivity contribution is 6.10. The molecule has 0 aliphatic carbocycles. The van der Waals surface area contributed by atoms with Gasteiger partial charge in [-0.15, -0.1) is 0 Å². The quantitative estimate of drug-likeness (QED) is 0.584. The molecular formula is C18H13F2NO3. The van der Waals surface area contributed by atoms with Crippen molar-refractivity contribution in [3.05, 3.63) is 71.4 Å². The number of Topliss-reactive ketones (excluding diaryl/α,β-unsaturated/α-hetero) is 1. The Kier molecular flexibility index (Phi) is 4.12. The Hall–Kier alpha value is -3.02. The number of fused-ring (bicyclic) bond motifs is 1. The van der Waals surface area contributed by atoms with E-state index >= 15 is 0 Å². The topological polar surface area (TPSA) is 59.2 Å². The number of H-pyrrole nitrogens is 1. The van der Waals surface area contributed by atoms with Crippen LogP contribution in [0, 0.1) is 11.6 Å². The minimum atomic E-state index is -1.11. The van der Waals surface area contributed by atoms with Gasteiger partial charge < -0.3 is 9.72 Å². The third kappa shape index (κ3) is 2.90. The summed E-state index contributed by atoms with van der Waals surface area (Å²) >= 11 is 0. The Bertz CT molecular complexity index is 933. The maximum atomic E-state index is 13.6. The molecule has 0 fully saturated rings. The van der Waals surface area contributed by atoms with Gasteiger partial charge in [0.1, 0.15) is 11.6 Å². The summed E-state index contributed by atoms with van der Waals surface area (Å²) in [6.45, 7) is 1.41. The number of para-hydroxylation sites is 1. The predicted octanol–water partition coefficient (Wildman–Crippen LogP) is 3.87. The van der Waals surface area contributed by atoms with Crippen molar-refractivity contribution in [3.8, 4) is 0 Å². The molecule has 2 aromatic carbocycles. The predicted molar refractivity (Wildman–Crippen MR) is 83.9 cm³/mol. The number of rotatable bonds is 4. The maximum Gasteiger partial charge on any atom is 0.341 e. The maximum absolute atomic E-state index is 13.6. The number of hydrogen-bond donors (Lipinski definition) is 1. The Morgan fingerprint density at radius 2 is 1.83 bits per heavy atom. The van der Waals surface area contributed by atoms with E-state index in [-0.39, 0.29) is 0 Å². The second-order valence-corrected chi connectivity index (χ2v) is 5.28. The number of carbonyl (C=O) groups is 2. The number of carbonyl (C=O) groups excluding carboxylic acids is 2. The standard InChI is InChI=1S/C18H13F2NO3/c1-10(24-18(23)13-7-6-11(19)8-15(13)20)17(22)14-9-21-16-5-3-2-4-12(14)16/h2-10,21H,1H3/t10-/m1/s1. The minimum Gasteiger partial charge on any atom is -0.451 e. The van der Waals surface area contributed by atoms with Crippen LogP contribution >= 0.6 is 0 Å². The number of ether oxygens (including phenoxy) is 1. The highest BCUT2D eigenvalue weighted by Crippen LogP contribution is 2.20. The lowest BCUT2D eigenvalue weighted by Gasteiger charge is -2.12. The lowest BCUT2D eigenvalue weighted by molar-refractivity contribution is 0.0315. The van der Waals surface area contributed by atoms with Crippen molar-refractivity contribution in [1.29, 1.82) is 0 Å². The zero-order valence-electron chi connectivity index (χ0n) is 12.7. The third-order valence-electron chi connectivity index (χ3n) is 3.66. The monoisotopic (exact) mass is 329 g/mol. The summed E-state index contributed by atoms with van der Waals surface area (Å²) in [5, 5.41) is 0.707. The van der Waals surface area contributed by atoms with Gasteiger partial charge in [-0.1, -0.05) is 18.2 Å². The SMILES string of the molecule is C[C@@H](OC(=O)c1ccc(F)cc1F)C(=O)c1c[nH]c2ccccc12. The van der Waals surface area contributed by atoms with Crippen LogP contribution in [0.1, 0.15) is 27.6 Å². The van der Waals surface area contributed by atoms with Crippen LogP contribution in [0.4, 0.5) is 8.78 Å². The molecule has 4 nitrogen and oxygen atoms in total. The number of benzene rings is 2. The molecule has 0 unspecified atom stereocenters. The van der Waals surface area contributed by atoms with Crippen LogP contribution in [-0.2, 0) is 4.74 Å². The van der Waals surface area contributed by atoms with E-state index in [9.17, 15) is 18.4 Å². The molecular weight excluding hydrogens is 316 g/mol. The van der Waals surface area contributed by atoms with E-state index in [1.165, 1.54) is 13.1 Å². The molecule has 0 radical (unpaired) electrons. The summed E-state index contributed by atoms with van der Waals surface area (Å²) in [6, 6.07) is 9.72. The van der Waals surface area contributed by atoms with Gasteiger partial charge in [0.15, 0.2) is 6.10 Å². The Morgan fingerprint density at radius 1 is 1.08 bits per heavy atom. The van der Waals surface area contributed by atoms with E-state index in [1.54, 1.807) is 12.1 Å². The largest absolute Gasteiger partial charge is 0.451 e. The number of ketones is 1. The second-order valence-electron chi connectivity index (χ2n) is 5.28. The van der Waals surface area contributed by atoms with Gasteiger partial charge in [0.25, 0.3) is 0 Å². The van der Waals surface area contributed by atoms with Gasteiger partial charge in [-0.2, -0.15) is 0 Å². The second kappa shape index (κ2) is 6.23. The minimum absolute atomic E-state index is 0.380. The smallest absolute Gasteiger partial charge is 0.341 e. The van der Waals surface area contributed by atoms with Crippen molar-refractivity contribution in [1.82, 2.24) is 4.98 Å². The molecule has 0 aliphatic heterocycles. The molecule has 0 spiro atoms. The van der Waals surface area contributed by atoms with Crippen LogP contribution in [0.2, 0.25) is 0 Å². The summed E-state index contributed by atoms with van der Waals surface area (Å²) in [7, 11) is 0. The molecule has 3 rings (SSSR count). The first kappa shape index (κ1) is 15.9. The van der Waals surface area contributed by atoms with E-state index in [0.29, 0.717) is 17.0 Å². The van der Waals surface area contributed by atoms with Gasteiger partial charge in [0.05, 0.1) is 5.56 Å². The molecule has 122 valence electrons. The number of hydrogen-bond acceptors (Lipinski definition) is 3. The molecule has 24 heavy (non-hydrogen) atoms. The lowest BCUT2D eigenvalue weighted by Crippen LogP contribution is -2.24. The molecule has 6 heteroatoms. The van der Waals surface area contributed by atoms with Gasteiger partial charge in [0, 0.05) is 28.7 Å². The number of aromatic amines is 1. The van der Waals surface area contributed by atoms with E-state index in [0.717, 1.165) is 17.6 Å². The van der Waals surface area contributed by atoms with Gasteiger partial charge in [-0.25, -0.2) is 13.6 Å². The first-order valence-electron chi connectivity index (χ1n) is 7.23. The fourth-order valence-electron chi connectivity index (χ4n) is 2.43. The normalized spacial score (nSPS) is 12.1. The van der Waals surface area contributed by atoms with Gasteiger partial charge in [0.2, 0.25) is 5.78 Å². The fourth-order valence-corrected chi connectivity index (χ4v) is 2.43. The van der Waals surface area contributed by atoms with Crippen LogP contribution < -0.4 is 0 Å². The average Bonchev–Trinajstić information content (AvgIpc) is 2.97. The Morgan fingerprint density at radius 3 is 2.58 bits per heavy atom. The first-order valence-corrected chi connectivity index (χ1v) is 7.23. The van der Waals surface area contributed by atoms with Crippen LogP contribution in [0.3, 0.4) is 0 Å². The summed E-state index contributed by atoms with van der Waals surface area (Å²) in [5.74, 6) is -3.27. The highest BCUT2D eigenvalue weighted by Gasteiger charge is 2.24. The molecule has 0 aliphatic rings. The molecule has 0 saturated carbocycles. The van der Waals surface area contributed by atoms with Crippen molar-refractivity contribution in [2.75, 3.05) is 0 Å². The molecule has 0 amide bonds. The molecule has 1 aromatic heterocycles. The number of halogens is 2. The summed E-state index contributed by atoms with van der Waals surface area (Å²) in [6.07, 6.45) is 0.427. The van der Waals surface area contributed by atoms with E-state index in [1.807, 2.05) is 12.1 Å². The van der Waals surface area contributed by atoms with Crippen molar-refractivity contribution >= 4 is 22.7 Å². The van der Waals surface area contributed by atoms with Crippen molar-refractivity contribution in [2.24, 2.45) is 0 Å². The van der Waals surface area contributed by atoms with Gasteiger partial charge in [-0.05, 0) is 25.1 Å². The number of nitrogens with one attached hydrogen (secondary N) is 1. The van der Waals surface area contributed by atoms with Crippen molar-refractivity contribution < 1.29 is 23.1 Å². The third-order valence-corrected chi connectivity index (χ3v) is 3.66. The molecule has 0 saturated heterocycles. The number of aromatic nitrogens is 1. The Balaban J connectivity index is 1.80. The van der Waals surface area contributed by atoms with Crippen molar-refractivity contribution in [3.63, 3.8) is 0 Å². The van der Waals surface area contributed by atoms with E-state index in [4.69, 9.17) is 4.74 Å². The summed E-state index contributed by atoms with van der Waals surface area (Å²) in [5.41, 5.74) is 0.740. The zero-order valence-corrected chi connectivity index (χ0v) is 12.7. The van der Waals surface area contributed by atoms with Crippen LogP contribution in [0.25, 0.3) is 10.9 Å². The lowest BCUT2D eigenvalue weighted by atomic mass is 10.1. The molecule has 1 heterocycles. The molecule has 0 bridgehead atoms.